The standard InChI is InChI=1S/C19H12Cl2IN3O5/c1-29-18-6-10(2-4-15(18)22)19(26)24-23-9-11-3-5-17(30-11)12-7-16(25(27)28)14(21)8-13(12)20/h2-9H,1H3,(H,24,26)/b23-9-. The van der Waals surface area contributed by atoms with Crippen LogP contribution in [0.4, 0.5) is 5.69 Å². The molecule has 0 atom stereocenters. The lowest BCUT2D eigenvalue weighted by Gasteiger charge is -2.05. The van der Waals surface area contributed by atoms with E-state index in [2.05, 4.69) is 33.1 Å². The Morgan fingerprint density at radius 2 is 2.00 bits per heavy atom. The number of benzene rings is 2. The molecule has 8 nitrogen and oxygen atoms in total. The number of nitrogens with zero attached hydrogens (tertiary/aromatic N) is 2. The Hall–Kier alpha value is -2.63. The van der Waals surface area contributed by atoms with Gasteiger partial charge in [0.15, 0.2) is 0 Å². The van der Waals surface area contributed by atoms with E-state index in [1.54, 1.807) is 30.3 Å². The minimum Gasteiger partial charge on any atom is -0.496 e. The number of nitro benzene ring substituents is 1. The van der Waals surface area contributed by atoms with Crippen molar-refractivity contribution in [1.29, 1.82) is 0 Å². The molecule has 1 heterocycles. The molecule has 1 amide bonds. The molecule has 0 radical (unpaired) electrons. The second-order valence-corrected chi connectivity index (χ2v) is 7.77. The van der Waals surface area contributed by atoms with Crippen LogP contribution in [0.15, 0.2) is 52.0 Å². The number of hydrazone groups is 1. The van der Waals surface area contributed by atoms with Gasteiger partial charge < -0.3 is 9.15 Å². The highest BCUT2D eigenvalue weighted by molar-refractivity contribution is 14.1. The number of furan rings is 1. The topological polar surface area (TPSA) is 107 Å². The Morgan fingerprint density at radius 1 is 1.23 bits per heavy atom. The first kappa shape index (κ1) is 22.1. The number of nitrogens with one attached hydrogen (secondary N) is 1. The Labute approximate surface area is 194 Å². The van der Waals surface area contributed by atoms with E-state index in [0.717, 1.165) is 3.57 Å². The van der Waals surface area contributed by atoms with Crippen molar-refractivity contribution in [2.24, 2.45) is 5.10 Å². The number of halogens is 3. The van der Waals surface area contributed by atoms with Crippen molar-refractivity contribution in [3.05, 3.63) is 77.5 Å². The maximum Gasteiger partial charge on any atom is 0.288 e. The molecule has 154 valence electrons. The van der Waals surface area contributed by atoms with Gasteiger partial charge in [0.05, 0.1) is 26.8 Å². The van der Waals surface area contributed by atoms with Gasteiger partial charge in [0, 0.05) is 17.2 Å². The second-order valence-electron chi connectivity index (χ2n) is 5.79. The molecule has 3 rings (SSSR count). The number of carbonyl (C=O) groups excluding carboxylic acids is 1. The van der Waals surface area contributed by atoms with Crippen LogP contribution >= 0.6 is 45.8 Å². The smallest absolute Gasteiger partial charge is 0.288 e. The number of carbonyl (C=O) groups is 1. The number of methoxy groups -OCH3 is 1. The van der Waals surface area contributed by atoms with Crippen LogP contribution in [0.5, 0.6) is 5.75 Å². The molecule has 30 heavy (non-hydrogen) atoms. The molecule has 0 saturated carbocycles. The van der Waals surface area contributed by atoms with Gasteiger partial charge in [0.1, 0.15) is 22.3 Å². The molecule has 0 spiro atoms. The molecule has 0 aliphatic carbocycles. The number of rotatable bonds is 6. The van der Waals surface area contributed by atoms with Crippen molar-refractivity contribution >= 4 is 63.6 Å². The van der Waals surface area contributed by atoms with Crippen LogP contribution in [0.3, 0.4) is 0 Å². The van der Waals surface area contributed by atoms with Gasteiger partial charge in [0.25, 0.3) is 11.6 Å². The summed E-state index contributed by atoms with van der Waals surface area (Å²) in [5.74, 6) is 0.745. The van der Waals surface area contributed by atoms with Gasteiger partial charge in [-0.05, 0) is 59.0 Å². The van der Waals surface area contributed by atoms with E-state index in [1.165, 1.54) is 25.5 Å². The Bertz CT molecular complexity index is 1160. The van der Waals surface area contributed by atoms with Gasteiger partial charge in [-0.2, -0.15) is 5.10 Å². The number of ether oxygens (including phenoxy) is 1. The van der Waals surface area contributed by atoms with E-state index in [-0.39, 0.29) is 21.5 Å². The van der Waals surface area contributed by atoms with Crippen LogP contribution in [-0.4, -0.2) is 24.2 Å². The average molecular weight is 560 g/mol. The number of nitro groups is 1. The molecule has 0 fully saturated rings. The fourth-order valence-electron chi connectivity index (χ4n) is 2.45. The number of hydrogen-bond donors (Lipinski definition) is 1. The highest BCUT2D eigenvalue weighted by Crippen LogP contribution is 2.37. The predicted octanol–water partition coefficient (Wildman–Crippen LogP) is 5.54. The van der Waals surface area contributed by atoms with E-state index in [0.29, 0.717) is 22.6 Å². The summed E-state index contributed by atoms with van der Waals surface area (Å²) in [4.78, 5) is 22.7. The van der Waals surface area contributed by atoms with Crippen LogP contribution < -0.4 is 10.2 Å². The number of amides is 1. The minimum absolute atomic E-state index is 0.0722. The van der Waals surface area contributed by atoms with Gasteiger partial charge in [-0.3, -0.25) is 14.9 Å². The first-order chi connectivity index (χ1) is 14.3. The fraction of sp³-hybridized carbons (Fsp3) is 0.0526. The second kappa shape index (κ2) is 9.45. The lowest BCUT2D eigenvalue weighted by atomic mass is 10.1. The monoisotopic (exact) mass is 559 g/mol. The van der Waals surface area contributed by atoms with E-state index in [9.17, 15) is 14.9 Å². The first-order valence-corrected chi connectivity index (χ1v) is 10.0. The zero-order valence-electron chi connectivity index (χ0n) is 15.2. The highest BCUT2D eigenvalue weighted by Gasteiger charge is 2.19. The van der Waals surface area contributed by atoms with Gasteiger partial charge in [-0.15, -0.1) is 0 Å². The maximum atomic E-state index is 12.2. The van der Waals surface area contributed by atoms with Gasteiger partial charge >= 0.3 is 0 Å². The predicted molar refractivity (Wildman–Crippen MR) is 122 cm³/mol. The van der Waals surface area contributed by atoms with E-state index in [1.807, 2.05) is 0 Å². The van der Waals surface area contributed by atoms with Crippen molar-refractivity contribution in [3.8, 4) is 17.1 Å². The molecular formula is C19H12Cl2IN3O5. The van der Waals surface area contributed by atoms with Crippen molar-refractivity contribution in [2.75, 3.05) is 7.11 Å². The first-order valence-electron chi connectivity index (χ1n) is 8.20. The Kier molecular flexibility index (Phi) is 6.95. The summed E-state index contributed by atoms with van der Waals surface area (Å²) in [7, 11) is 1.52. The molecule has 0 aliphatic rings. The van der Waals surface area contributed by atoms with Crippen LogP contribution in [0.2, 0.25) is 10.0 Å². The normalized spacial score (nSPS) is 10.9. The minimum atomic E-state index is -0.609. The lowest BCUT2D eigenvalue weighted by Crippen LogP contribution is -2.17. The zero-order chi connectivity index (χ0) is 21.8. The summed E-state index contributed by atoms with van der Waals surface area (Å²) in [5.41, 5.74) is 2.79. The van der Waals surface area contributed by atoms with Gasteiger partial charge in [-0.1, -0.05) is 23.2 Å². The summed E-state index contributed by atoms with van der Waals surface area (Å²) in [6, 6.07) is 10.7. The maximum absolute atomic E-state index is 12.2. The summed E-state index contributed by atoms with van der Waals surface area (Å²) in [5, 5.41) is 15.1. The Morgan fingerprint density at radius 3 is 2.70 bits per heavy atom. The van der Waals surface area contributed by atoms with Crippen molar-refractivity contribution in [2.45, 2.75) is 0 Å². The molecule has 1 aromatic heterocycles. The van der Waals surface area contributed by atoms with Crippen LogP contribution in [0.1, 0.15) is 16.1 Å². The van der Waals surface area contributed by atoms with Gasteiger partial charge in [-0.25, -0.2) is 5.43 Å². The van der Waals surface area contributed by atoms with Crippen molar-refractivity contribution < 1.29 is 18.9 Å². The summed E-state index contributed by atoms with van der Waals surface area (Å²) >= 11 is 14.1. The summed E-state index contributed by atoms with van der Waals surface area (Å²) < 4.78 is 11.7. The average Bonchev–Trinajstić information content (AvgIpc) is 3.16. The van der Waals surface area contributed by atoms with E-state index in [4.69, 9.17) is 32.4 Å². The molecule has 2 aromatic carbocycles. The van der Waals surface area contributed by atoms with Crippen LogP contribution in [0, 0.1) is 13.7 Å². The van der Waals surface area contributed by atoms with E-state index < -0.39 is 10.8 Å². The van der Waals surface area contributed by atoms with Crippen molar-refractivity contribution in [1.82, 2.24) is 5.43 Å². The van der Waals surface area contributed by atoms with Crippen molar-refractivity contribution in [3.63, 3.8) is 0 Å². The van der Waals surface area contributed by atoms with Gasteiger partial charge in [0.2, 0.25) is 0 Å². The SMILES string of the molecule is COc1cc(C(=O)N/N=C\c2ccc(-c3cc([N+](=O)[O-])c(Cl)cc3Cl)o2)ccc1I. The highest BCUT2D eigenvalue weighted by atomic mass is 127. The molecule has 11 heteroatoms. The fourth-order valence-corrected chi connectivity index (χ4v) is 3.55. The quantitative estimate of drug-likeness (QED) is 0.185. The Balaban J connectivity index is 1.74. The lowest BCUT2D eigenvalue weighted by molar-refractivity contribution is -0.384. The molecule has 0 bridgehead atoms. The molecule has 0 aliphatic heterocycles. The molecule has 0 unspecified atom stereocenters. The largest absolute Gasteiger partial charge is 0.496 e. The molecule has 3 aromatic rings. The molecule has 1 N–H and O–H groups in total. The summed E-state index contributed by atoms with van der Waals surface area (Å²) in [6.07, 6.45) is 1.30. The summed E-state index contributed by atoms with van der Waals surface area (Å²) in [6.45, 7) is 0. The molecule has 0 saturated heterocycles. The molecular weight excluding hydrogens is 548 g/mol. The third-order valence-corrected chi connectivity index (χ3v) is 5.40. The number of hydrogen-bond acceptors (Lipinski definition) is 6. The van der Waals surface area contributed by atoms with Crippen LogP contribution in [0.25, 0.3) is 11.3 Å². The third-order valence-electron chi connectivity index (χ3n) is 3.90. The zero-order valence-corrected chi connectivity index (χ0v) is 18.9. The third kappa shape index (κ3) is 4.91. The van der Waals surface area contributed by atoms with E-state index >= 15 is 0 Å². The van der Waals surface area contributed by atoms with Crippen LogP contribution in [-0.2, 0) is 0 Å².